The Morgan fingerprint density at radius 1 is 1.41 bits per heavy atom. The number of rotatable bonds is 6. The summed E-state index contributed by atoms with van der Waals surface area (Å²) in [6.07, 6.45) is 1.66. The monoisotopic (exact) mass is 235 g/mol. The standard InChI is InChI=1S/C13H21N3O/c1-3-8-16(12(4-2)13(15)17)11-7-5-6-10(14)9-11/h5-7,9,12H,3-4,8,14H2,1-2H3,(H2,15,17). The van der Waals surface area contributed by atoms with Gasteiger partial charge < -0.3 is 16.4 Å². The van der Waals surface area contributed by atoms with Gasteiger partial charge in [0.15, 0.2) is 0 Å². The third kappa shape index (κ3) is 3.37. The lowest BCUT2D eigenvalue weighted by atomic mass is 10.1. The largest absolute Gasteiger partial charge is 0.399 e. The summed E-state index contributed by atoms with van der Waals surface area (Å²) in [6.45, 7) is 4.84. The van der Waals surface area contributed by atoms with Gasteiger partial charge in [-0.15, -0.1) is 0 Å². The van der Waals surface area contributed by atoms with E-state index in [-0.39, 0.29) is 11.9 Å². The van der Waals surface area contributed by atoms with Crippen molar-refractivity contribution >= 4 is 17.3 Å². The van der Waals surface area contributed by atoms with E-state index in [1.54, 1.807) is 0 Å². The molecule has 0 bridgehead atoms. The van der Waals surface area contributed by atoms with Crippen LogP contribution in [-0.2, 0) is 4.79 Å². The zero-order valence-electron chi connectivity index (χ0n) is 10.5. The number of carbonyl (C=O) groups is 1. The Morgan fingerprint density at radius 2 is 2.12 bits per heavy atom. The van der Waals surface area contributed by atoms with Crippen molar-refractivity contribution in [3.05, 3.63) is 24.3 Å². The molecule has 1 aromatic carbocycles. The van der Waals surface area contributed by atoms with Gasteiger partial charge in [0.05, 0.1) is 0 Å². The molecule has 0 aliphatic heterocycles. The third-order valence-corrected chi connectivity index (χ3v) is 2.76. The highest BCUT2D eigenvalue weighted by atomic mass is 16.1. The minimum Gasteiger partial charge on any atom is -0.399 e. The Hall–Kier alpha value is -1.71. The van der Waals surface area contributed by atoms with Crippen LogP contribution in [0.15, 0.2) is 24.3 Å². The van der Waals surface area contributed by atoms with Crippen LogP contribution in [0.5, 0.6) is 0 Å². The van der Waals surface area contributed by atoms with E-state index in [2.05, 4.69) is 6.92 Å². The van der Waals surface area contributed by atoms with Crippen LogP contribution in [-0.4, -0.2) is 18.5 Å². The van der Waals surface area contributed by atoms with E-state index in [9.17, 15) is 4.79 Å². The van der Waals surface area contributed by atoms with Gasteiger partial charge >= 0.3 is 0 Å². The molecule has 0 spiro atoms. The van der Waals surface area contributed by atoms with Gasteiger partial charge in [-0.25, -0.2) is 0 Å². The van der Waals surface area contributed by atoms with Crippen molar-refractivity contribution in [2.24, 2.45) is 5.73 Å². The maximum absolute atomic E-state index is 11.5. The second kappa shape index (κ2) is 6.13. The van der Waals surface area contributed by atoms with Crippen molar-refractivity contribution in [2.75, 3.05) is 17.2 Å². The molecule has 0 saturated carbocycles. The summed E-state index contributed by atoms with van der Waals surface area (Å²) in [5.74, 6) is -0.289. The highest BCUT2D eigenvalue weighted by Crippen LogP contribution is 2.21. The SMILES string of the molecule is CCCN(c1cccc(N)c1)C(CC)C(N)=O. The molecule has 0 aromatic heterocycles. The summed E-state index contributed by atoms with van der Waals surface area (Å²) in [5, 5.41) is 0. The highest BCUT2D eigenvalue weighted by Gasteiger charge is 2.21. The average molecular weight is 235 g/mol. The Bertz CT molecular complexity index is 379. The summed E-state index contributed by atoms with van der Waals surface area (Å²) in [4.78, 5) is 13.5. The number of benzene rings is 1. The number of hydrogen-bond donors (Lipinski definition) is 2. The number of hydrogen-bond acceptors (Lipinski definition) is 3. The van der Waals surface area contributed by atoms with E-state index in [4.69, 9.17) is 11.5 Å². The summed E-state index contributed by atoms with van der Waals surface area (Å²) in [5.41, 5.74) is 12.9. The van der Waals surface area contributed by atoms with Crippen molar-refractivity contribution < 1.29 is 4.79 Å². The first kappa shape index (κ1) is 13.4. The number of amides is 1. The van der Waals surface area contributed by atoms with E-state index in [1.807, 2.05) is 36.1 Å². The van der Waals surface area contributed by atoms with Gasteiger partial charge in [0.25, 0.3) is 0 Å². The van der Waals surface area contributed by atoms with Crippen LogP contribution in [0, 0.1) is 0 Å². The molecule has 0 aliphatic rings. The molecule has 0 radical (unpaired) electrons. The lowest BCUT2D eigenvalue weighted by molar-refractivity contribution is -0.119. The number of nitrogen functional groups attached to an aromatic ring is 1. The number of carbonyl (C=O) groups excluding carboxylic acids is 1. The number of anilines is 2. The lowest BCUT2D eigenvalue weighted by Gasteiger charge is -2.31. The molecular weight excluding hydrogens is 214 g/mol. The molecule has 0 fully saturated rings. The van der Waals surface area contributed by atoms with Gasteiger partial charge in [0, 0.05) is 17.9 Å². The first-order valence-corrected chi connectivity index (χ1v) is 6.01. The Kier molecular flexibility index (Phi) is 4.82. The van der Waals surface area contributed by atoms with Crippen LogP contribution in [0.1, 0.15) is 26.7 Å². The van der Waals surface area contributed by atoms with Crippen LogP contribution < -0.4 is 16.4 Å². The zero-order valence-corrected chi connectivity index (χ0v) is 10.5. The predicted octanol–water partition coefficient (Wildman–Crippen LogP) is 1.75. The van der Waals surface area contributed by atoms with Crippen molar-refractivity contribution in [3.63, 3.8) is 0 Å². The molecule has 1 aromatic rings. The number of nitrogens with zero attached hydrogens (tertiary/aromatic N) is 1. The third-order valence-electron chi connectivity index (χ3n) is 2.76. The van der Waals surface area contributed by atoms with Crippen molar-refractivity contribution in [2.45, 2.75) is 32.7 Å². The van der Waals surface area contributed by atoms with Gasteiger partial charge in [-0.1, -0.05) is 19.9 Å². The fourth-order valence-corrected chi connectivity index (χ4v) is 1.98. The van der Waals surface area contributed by atoms with Crippen LogP contribution in [0.3, 0.4) is 0 Å². The summed E-state index contributed by atoms with van der Waals surface area (Å²) in [7, 11) is 0. The fourth-order valence-electron chi connectivity index (χ4n) is 1.98. The van der Waals surface area contributed by atoms with E-state index in [1.165, 1.54) is 0 Å². The van der Waals surface area contributed by atoms with Gasteiger partial charge in [-0.3, -0.25) is 4.79 Å². The number of nitrogens with two attached hydrogens (primary N) is 2. The van der Waals surface area contributed by atoms with Crippen molar-refractivity contribution in [3.8, 4) is 0 Å². The minimum absolute atomic E-state index is 0.267. The second-order valence-electron chi connectivity index (χ2n) is 4.11. The number of primary amides is 1. The zero-order chi connectivity index (χ0) is 12.8. The lowest BCUT2D eigenvalue weighted by Crippen LogP contribution is -2.45. The minimum atomic E-state index is -0.289. The quantitative estimate of drug-likeness (QED) is 0.738. The van der Waals surface area contributed by atoms with Crippen molar-refractivity contribution in [1.82, 2.24) is 0 Å². The second-order valence-corrected chi connectivity index (χ2v) is 4.11. The maximum Gasteiger partial charge on any atom is 0.240 e. The molecule has 1 amide bonds. The van der Waals surface area contributed by atoms with Gasteiger partial charge in [-0.2, -0.15) is 0 Å². The molecule has 4 nitrogen and oxygen atoms in total. The molecule has 4 heteroatoms. The maximum atomic E-state index is 11.5. The van der Waals surface area contributed by atoms with Gasteiger partial charge in [0.1, 0.15) is 6.04 Å². The smallest absolute Gasteiger partial charge is 0.240 e. The van der Waals surface area contributed by atoms with E-state index in [0.29, 0.717) is 12.1 Å². The molecule has 0 saturated heterocycles. The summed E-state index contributed by atoms with van der Waals surface area (Å²) >= 11 is 0. The first-order valence-electron chi connectivity index (χ1n) is 6.01. The first-order chi connectivity index (χ1) is 8.10. The summed E-state index contributed by atoms with van der Waals surface area (Å²) in [6, 6.07) is 7.29. The molecule has 4 N–H and O–H groups in total. The van der Waals surface area contributed by atoms with E-state index < -0.39 is 0 Å². The Labute approximate surface area is 103 Å². The average Bonchev–Trinajstić information content (AvgIpc) is 2.28. The molecule has 0 aliphatic carbocycles. The molecule has 1 atom stereocenters. The van der Waals surface area contributed by atoms with Crippen LogP contribution in [0.25, 0.3) is 0 Å². The van der Waals surface area contributed by atoms with Crippen LogP contribution in [0.2, 0.25) is 0 Å². The van der Waals surface area contributed by atoms with Gasteiger partial charge in [-0.05, 0) is 31.0 Å². The summed E-state index contributed by atoms with van der Waals surface area (Å²) < 4.78 is 0. The van der Waals surface area contributed by atoms with Crippen molar-refractivity contribution in [1.29, 1.82) is 0 Å². The molecule has 1 rings (SSSR count). The molecule has 0 heterocycles. The molecule has 1 unspecified atom stereocenters. The molecule has 94 valence electrons. The highest BCUT2D eigenvalue weighted by molar-refractivity contribution is 5.83. The topological polar surface area (TPSA) is 72.3 Å². The predicted molar refractivity (Wildman–Crippen MR) is 71.8 cm³/mol. The van der Waals surface area contributed by atoms with Crippen LogP contribution in [0.4, 0.5) is 11.4 Å². The normalized spacial score (nSPS) is 12.1. The molecule has 17 heavy (non-hydrogen) atoms. The van der Waals surface area contributed by atoms with Crippen LogP contribution >= 0.6 is 0 Å². The Balaban J connectivity index is 3.03. The van der Waals surface area contributed by atoms with E-state index in [0.717, 1.165) is 18.7 Å². The van der Waals surface area contributed by atoms with E-state index >= 15 is 0 Å². The molecular formula is C13H21N3O. The Morgan fingerprint density at radius 3 is 2.59 bits per heavy atom. The van der Waals surface area contributed by atoms with Gasteiger partial charge in [0.2, 0.25) is 5.91 Å². The fraction of sp³-hybridized carbons (Fsp3) is 0.462.